The lowest BCUT2D eigenvalue weighted by Gasteiger charge is -2.19. The molecule has 1 aromatic heterocycles. The number of hydrogen-bond donors (Lipinski definition) is 1. The van der Waals surface area contributed by atoms with Gasteiger partial charge in [-0.15, -0.1) is 11.3 Å². The van der Waals surface area contributed by atoms with E-state index in [9.17, 15) is 10.1 Å². The molecule has 0 radical (unpaired) electrons. The van der Waals surface area contributed by atoms with Gasteiger partial charge in [-0.1, -0.05) is 6.07 Å². The van der Waals surface area contributed by atoms with E-state index in [0.29, 0.717) is 12.0 Å². The summed E-state index contributed by atoms with van der Waals surface area (Å²) in [6, 6.07) is 9.56. The third-order valence-electron chi connectivity index (χ3n) is 3.67. The van der Waals surface area contributed by atoms with Gasteiger partial charge in [0.1, 0.15) is 0 Å². The van der Waals surface area contributed by atoms with Crippen molar-refractivity contribution in [2.75, 3.05) is 5.32 Å². The third-order valence-corrected chi connectivity index (χ3v) is 4.63. The number of hydrogen-bond acceptors (Lipinski definition) is 4. The minimum absolute atomic E-state index is 0.146. The second-order valence-corrected chi connectivity index (χ2v) is 6.21. The highest BCUT2D eigenvalue weighted by atomic mass is 32.1. The average molecular weight is 288 g/mol. The van der Waals surface area contributed by atoms with Crippen LogP contribution in [0.15, 0.2) is 35.7 Å². The topological polar surface area (TPSA) is 55.2 Å². The number of aryl methyl sites for hydroxylation is 1. The van der Waals surface area contributed by atoms with E-state index in [2.05, 4.69) is 22.8 Å². The molecule has 1 atom stereocenters. The van der Waals surface area contributed by atoms with Crippen molar-refractivity contribution in [1.82, 2.24) is 0 Å². The van der Waals surface area contributed by atoms with E-state index >= 15 is 0 Å². The number of nitrogens with one attached hydrogen (secondary N) is 1. The summed E-state index contributed by atoms with van der Waals surface area (Å²) in [6.07, 6.45) is 2.50. The number of anilines is 1. The normalized spacial score (nSPS) is 15.8. The Hall–Kier alpha value is -1.88. The first kappa shape index (κ1) is 13.1. The lowest BCUT2D eigenvalue weighted by atomic mass is 10.1. The molecule has 0 amide bonds. The van der Waals surface area contributed by atoms with E-state index < -0.39 is 0 Å². The van der Waals surface area contributed by atoms with Gasteiger partial charge in [0.25, 0.3) is 5.69 Å². The molecule has 1 unspecified atom stereocenters. The minimum atomic E-state index is -0.353. The zero-order valence-corrected chi connectivity index (χ0v) is 12.0. The molecule has 0 bridgehead atoms. The monoisotopic (exact) mass is 288 g/mol. The fraction of sp³-hybridized carbons (Fsp3) is 0.333. The summed E-state index contributed by atoms with van der Waals surface area (Å²) in [6.45, 7) is 1.91. The maximum Gasteiger partial charge on any atom is 0.269 e. The molecule has 1 aliphatic rings. The number of rotatable bonds is 5. The predicted molar refractivity (Wildman–Crippen MR) is 81.2 cm³/mol. The summed E-state index contributed by atoms with van der Waals surface area (Å²) >= 11 is 1.76. The predicted octanol–water partition coefficient (Wildman–Crippen LogP) is 4.53. The second kappa shape index (κ2) is 5.25. The van der Waals surface area contributed by atoms with Crippen LogP contribution in [0.4, 0.5) is 11.4 Å². The Morgan fingerprint density at radius 2 is 2.20 bits per heavy atom. The van der Waals surface area contributed by atoms with Crippen LogP contribution in [0.2, 0.25) is 0 Å². The van der Waals surface area contributed by atoms with E-state index in [1.54, 1.807) is 23.5 Å². The van der Waals surface area contributed by atoms with Gasteiger partial charge in [0.15, 0.2) is 0 Å². The van der Waals surface area contributed by atoms with E-state index in [1.807, 2.05) is 13.0 Å². The molecule has 0 aliphatic heterocycles. The molecule has 1 N–H and O–H groups in total. The summed E-state index contributed by atoms with van der Waals surface area (Å²) in [5, 5.41) is 16.4. The van der Waals surface area contributed by atoms with Crippen molar-refractivity contribution < 1.29 is 4.92 Å². The highest BCUT2D eigenvalue weighted by Gasteiger charge is 2.33. The molecule has 1 aliphatic carbocycles. The molecular formula is C15H16N2O2S. The third kappa shape index (κ3) is 2.67. The molecule has 2 aromatic rings. The number of thiophene rings is 1. The maximum atomic E-state index is 10.8. The van der Waals surface area contributed by atoms with Crippen LogP contribution in [0.1, 0.15) is 29.3 Å². The molecule has 20 heavy (non-hydrogen) atoms. The molecule has 3 rings (SSSR count). The number of nitrogens with zero attached hydrogens (tertiary/aromatic N) is 1. The summed E-state index contributed by atoms with van der Waals surface area (Å²) in [5.74, 6) is 0.684. The van der Waals surface area contributed by atoms with E-state index in [-0.39, 0.29) is 10.6 Å². The molecule has 0 spiro atoms. The smallest absolute Gasteiger partial charge is 0.269 e. The van der Waals surface area contributed by atoms with Crippen LogP contribution >= 0.6 is 11.3 Å². The zero-order chi connectivity index (χ0) is 14.1. The number of nitro benzene ring substituents is 1. The highest BCUT2D eigenvalue weighted by Crippen LogP contribution is 2.44. The highest BCUT2D eigenvalue weighted by molar-refractivity contribution is 7.10. The molecule has 104 valence electrons. The fourth-order valence-corrected chi connectivity index (χ4v) is 3.28. The van der Waals surface area contributed by atoms with Crippen molar-refractivity contribution >= 4 is 22.7 Å². The maximum absolute atomic E-state index is 10.8. The van der Waals surface area contributed by atoms with Gasteiger partial charge < -0.3 is 5.32 Å². The lowest BCUT2D eigenvalue weighted by molar-refractivity contribution is -0.384. The van der Waals surface area contributed by atoms with Crippen LogP contribution in [0, 0.1) is 23.0 Å². The van der Waals surface area contributed by atoms with Gasteiger partial charge in [0.05, 0.1) is 11.0 Å². The lowest BCUT2D eigenvalue weighted by Crippen LogP contribution is -2.12. The van der Waals surface area contributed by atoms with Gasteiger partial charge in [0.2, 0.25) is 0 Å². The van der Waals surface area contributed by atoms with Crippen LogP contribution in [0.3, 0.4) is 0 Å². The summed E-state index contributed by atoms with van der Waals surface area (Å²) in [4.78, 5) is 11.8. The number of non-ortho nitro benzene ring substituents is 1. The van der Waals surface area contributed by atoms with E-state index in [0.717, 1.165) is 11.3 Å². The van der Waals surface area contributed by atoms with Gasteiger partial charge >= 0.3 is 0 Å². The Morgan fingerprint density at radius 3 is 2.75 bits per heavy atom. The quantitative estimate of drug-likeness (QED) is 0.649. The van der Waals surface area contributed by atoms with Crippen molar-refractivity contribution in [3.63, 3.8) is 0 Å². The number of benzene rings is 1. The van der Waals surface area contributed by atoms with Gasteiger partial charge in [-0.25, -0.2) is 0 Å². The van der Waals surface area contributed by atoms with Crippen LogP contribution in [0.5, 0.6) is 0 Å². The molecule has 1 aromatic carbocycles. The zero-order valence-electron chi connectivity index (χ0n) is 11.2. The molecular weight excluding hydrogens is 272 g/mol. The first-order valence-corrected chi connectivity index (χ1v) is 7.58. The van der Waals surface area contributed by atoms with Crippen LogP contribution < -0.4 is 5.32 Å². The Morgan fingerprint density at radius 1 is 1.40 bits per heavy atom. The van der Waals surface area contributed by atoms with Crippen molar-refractivity contribution in [3.8, 4) is 0 Å². The summed E-state index contributed by atoms with van der Waals surface area (Å²) < 4.78 is 0. The molecule has 1 heterocycles. The van der Waals surface area contributed by atoms with Crippen molar-refractivity contribution in [3.05, 3.63) is 56.3 Å². The molecule has 1 saturated carbocycles. The minimum Gasteiger partial charge on any atom is -0.377 e. The summed E-state index contributed by atoms with van der Waals surface area (Å²) in [5.41, 5.74) is 2.05. The van der Waals surface area contributed by atoms with E-state index in [1.165, 1.54) is 17.7 Å². The van der Waals surface area contributed by atoms with Crippen LogP contribution in [0.25, 0.3) is 0 Å². The van der Waals surface area contributed by atoms with Gasteiger partial charge in [-0.3, -0.25) is 10.1 Å². The largest absolute Gasteiger partial charge is 0.377 e. The van der Waals surface area contributed by atoms with Crippen LogP contribution in [-0.2, 0) is 0 Å². The van der Waals surface area contributed by atoms with Crippen molar-refractivity contribution in [2.24, 2.45) is 5.92 Å². The van der Waals surface area contributed by atoms with Gasteiger partial charge in [-0.2, -0.15) is 0 Å². The molecule has 4 nitrogen and oxygen atoms in total. The van der Waals surface area contributed by atoms with Crippen LogP contribution in [-0.4, -0.2) is 4.92 Å². The average Bonchev–Trinajstić information content (AvgIpc) is 3.11. The summed E-state index contributed by atoms with van der Waals surface area (Å²) in [7, 11) is 0. The van der Waals surface area contributed by atoms with Gasteiger partial charge in [-0.05, 0) is 48.8 Å². The molecule has 0 saturated heterocycles. The first-order valence-electron chi connectivity index (χ1n) is 6.70. The Balaban J connectivity index is 1.84. The molecule has 1 fully saturated rings. The molecule has 5 heteroatoms. The first-order chi connectivity index (χ1) is 9.65. The van der Waals surface area contributed by atoms with Crippen molar-refractivity contribution in [2.45, 2.75) is 25.8 Å². The Kier molecular flexibility index (Phi) is 3.44. The van der Waals surface area contributed by atoms with E-state index in [4.69, 9.17) is 0 Å². The Bertz CT molecular complexity index is 621. The van der Waals surface area contributed by atoms with Gasteiger partial charge in [0, 0.05) is 22.7 Å². The SMILES string of the molecule is Cc1cc([N+](=O)[O-])ccc1NC(c1cccs1)C1CC1. The standard InChI is InChI=1S/C15H16N2O2S/c1-10-9-12(17(18)19)6-7-13(10)16-15(11-4-5-11)14-3-2-8-20-14/h2-3,6-9,11,15-16H,4-5H2,1H3. The fourth-order valence-electron chi connectivity index (χ4n) is 2.41. The second-order valence-electron chi connectivity index (χ2n) is 5.23. The van der Waals surface area contributed by atoms with Crippen molar-refractivity contribution in [1.29, 1.82) is 0 Å². The Labute approximate surface area is 121 Å². The number of nitro groups is 1.